The Hall–Kier alpha value is -4.14. The smallest absolute Gasteiger partial charge is 0.319 e. The van der Waals surface area contributed by atoms with Crippen molar-refractivity contribution in [3.63, 3.8) is 0 Å². The lowest BCUT2D eigenvalue weighted by molar-refractivity contribution is 0.107. The largest absolute Gasteiger partial charge is 0.508 e. The summed E-state index contributed by atoms with van der Waals surface area (Å²) in [6.45, 7) is 4.59. The maximum absolute atomic E-state index is 17.1. The molecule has 7 nitrogen and oxygen atoms in total. The third kappa shape index (κ3) is 4.71. The number of phenols is 1. The van der Waals surface area contributed by atoms with Crippen molar-refractivity contribution < 1.29 is 27.4 Å². The average Bonchev–Trinajstić information content (AvgIpc) is 3.53. The molecule has 244 valence electrons. The zero-order valence-corrected chi connectivity index (χ0v) is 26.1. The number of phenolic OH excluding ortho intramolecular Hbond substituents is 1. The summed E-state index contributed by atoms with van der Waals surface area (Å²) in [7, 11) is 0. The number of alkyl halides is 1. The van der Waals surface area contributed by atoms with Gasteiger partial charge in [-0.15, -0.1) is 6.42 Å². The first-order valence-electron chi connectivity index (χ1n) is 16.4. The van der Waals surface area contributed by atoms with Crippen molar-refractivity contribution in [2.75, 3.05) is 37.7 Å². The molecule has 4 atom stereocenters. The van der Waals surface area contributed by atoms with Crippen LogP contribution in [0.2, 0.25) is 0 Å². The molecular formula is C36H35F4N5O2. The second kappa shape index (κ2) is 11.2. The molecule has 3 fully saturated rings. The number of benzene rings is 3. The van der Waals surface area contributed by atoms with Gasteiger partial charge in [0, 0.05) is 54.7 Å². The van der Waals surface area contributed by atoms with Gasteiger partial charge in [0.15, 0.2) is 5.82 Å². The highest BCUT2D eigenvalue weighted by molar-refractivity contribution is 6.05. The number of nitrogens with one attached hydrogen (secondary N) is 1. The number of anilines is 1. The van der Waals surface area contributed by atoms with Crippen LogP contribution in [0, 0.1) is 29.8 Å². The van der Waals surface area contributed by atoms with Crippen molar-refractivity contribution in [1.29, 1.82) is 0 Å². The van der Waals surface area contributed by atoms with Gasteiger partial charge in [0.25, 0.3) is 0 Å². The molecule has 4 aromatic rings. The summed E-state index contributed by atoms with van der Waals surface area (Å²) < 4.78 is 69.8. The van der Waals surface area contributed by atoms with Crippen molar-refractivity contribution in [1.82, 2.24) is 20.2 Å². The van der Waals surface area contributed by atoms with Crippen LogP contribution in [-0.2, 0) is 6.42 Å². The van der Waals surface area contributed by atoms with Crippen LogP contribution in [0.4, 0.5) is 23.4 Å². The fraction of sp³-hybridized carbons (Fsp3) is 0.444. The number of halogens is 4. The summed E-state index contributed by atoms with van der Waals surface area (Å²) in [5.41, 5.74) is -1.05. The van der Waals surface area contributed by atoms with E-state index in [0.717, 1.165) is 25.8 Å². The van der Waals surface area contributed by atoms with Gasteiger partial charge in [-0.25, -0.2) is 17.6 Å². The van der Waals surface area contributed by atoms with Gasteiger partial charge in [0.1, 0.15) is 41.5 Å². The number of ether oxygens (including phenoxy) is 1. The molecule has 0 saturated carbocycles. The van der Waals surface area contributed by atoms with Gasteiger partial charge in [0.05, 0.1) is 22.1 Å². The zero-order chi connectivity index (χ0) is 32.6. The molecule has 11 heteroatoms. The monoisotopic (exact) mass is 645 g/mol. The Morgan fingerprint density at radius 2 is 2.00 bits per heavy atom. The number of nitrogens with zero attached hydrogens (tertiary/aromatic N) is 4. The molecule has 0 bridgehead atoms. The minimum atomic E-state index is -0.986. The molecule has 4 aliphatic rings. The predicted molar refractivity (Wildman–Crippen MR) is 172 cm³/mol. The minimum absolute atomic E-state index is 0.0446. The second-order valence-corrected chi connectivity index (χ2v) is 13.4. The van der Waals surface area contributed by atoms with Gasteiger partial charge in [-0.3, -0.25) is 4.90 Å². The van der Waals surface area contributed by atoms with Crippen LogP contribution in [0.1, 0.15) is 50.2 Å². The van der Waals surface area contributed by atoms with Crippen molar-refractivity contribution in [3.05, 3.63) is 52.8 Å². The van der Waals surface area contributed by atoms with E-state index in [1.165, 1.54) is 24.3 Å². The minimum Gasteiger partial charge on any atom is -0.508 e. The van der Waals surface area contributed by atoms with E-state index in [2.05, 4.69) is 32.9 Å². The van der Waals surface area contributed by atoms with Crippen LogP contribution >= 0.6 is 0 Å². The van der Waals surface area contributed by atoms with Crippen LogP contribution in [-0.4, -0.2) is 76.6 Å². The van der Waals surface area contributed by atoms with E-state index >= 15 is 8.78 Å². The molecule has 1 aromatic heterocycles. The lowest BCUT2D eigenvalue weighted by atomic mass is 9.90. The van der Waals surface area contributed by atoms with Gasteiger partial charge >= 0.3 is 6.01 Å². The Bertz CT molecular complexity index is 1980. The third-order valence-corrected chi connectivity index (χ3v) is 10.8. The first-order valence-corrected chi connectivity index (χ1v) is 16.4. The van der Waals surface area contributed by atoms with Crippen molar-refractivity contribution in [2.24, 2.45) is 0 Å². The Labute approximate surface area is 269 Å². The van der Waals surface area contributed by atoms with Crippen molar-refractivity contribution >= 4 is 27.5 Å². The van der Waals surface area contributed by atoms with E-state index in [4.69, 9.17) is 16.1 Å². The van der Waals surface area contributed by atoms with Crippen LogP contribution in [0.5, 0.6) is 11.8 Å². The SMILES string of the molecule is C#Cc1c(F)ccc2cc(O)cc(-c3c(F)c4c5c(nc(OC[C@@]67CCCN6C[C@H](F)C7)nc5c3F)N3C[C@@H](CC)NC[C@H]3CC4)c12. The van der Waals surface area contributed by atoms with Gasteiger partial charge in [0.2, 0.25) is 0 Å². The molecule has 3 aromatic carbocycles. The number of hydrogen-bond acceptors (Lipinski definition) is 7. The molecule has 0 unspecified atom stereocenters. The molecule has 8 rings (SSSR count). The second-order valence-electron chi connectivity index (χ2n) is 13.4. The molecule has 47 heavy (non-hydrogen) atoms. The Morgan fingerprint density at radius 3 is 2.81 bits per heavy atom. The number of aryl methyl sites for hydroxylation is 1. The highest BCUT2D eigenvalue weighted by Gasteiger charge is 2.49. The summed E-state index contributed by atoms with van der Waals surface area (Å²) in [6, 6.07) is 5.21. The van der Waals surface area contributed by atoms with E-state index < -0.39 is 34.7 Å². The van der Waals surface area contributed by atoms with Gasteiger partial charge < -0.3 is 20.1 Å². The Balaban J connectivity index is 1.36. The topological polar surface area (TPSA) is 73.8 Å². The highest BCUT2D eigenvalue weighted by atomic mass is 19.1. The molecule has 2 N–H and O–H groups in total. The molecule has 4 aliphatic heterocycles. The van der Waals surface area contributed by atoms with E-state index in [0.29, 0.717) is 43.7 Å². The zero-order valence-electron chi connectivity index (χ0n) is 26.1. The van der Waals surface area contributed by atoms with Crippen LogP contribution in [0.3, 0.4) is 0 Å². The standard InChI is InChI=1S/C36H35F4N5O2/c1-3-21-17-45-22(15-41-21)7-8-25-30-33(42-35(43-34(30)45)47-18-36-10-5-11-44(36)16-20(37)14-36)32(40)29(31(25)39)26-13-23(46)12-19-6-9-27(38)24(4-2)28(19)26/h2,6,9,12-13,20-22,41,46H,3,5,7-8,10-11,14-18H2,1H3/t20-,21-,22-,36+/m1/s1. The highest BCUT2D eigenvalue weighted by Crippen LogP contribution is 2.46. The first kappa shape index (κ1) is 30.2. The average molecular weight is 646 g/mol. The summed E-state index contributed by atoms with van der Waals surface area (Å²) in [5.74, 6) is -0.0542. The lowest BCUT2D eigenvalue weighted by Crippen LogP contribution is -2.56. The van der Waals surface area contributed by atoms with Crippen LogP contribution in [0.25, 0.3) is 32.8 Å². The van der Waals surface area contributed by atoms with Gasteiger partial charge in [-0.05, 0) is 62.2 Å². The maximum atomic E-state index is 17.1. The summed E-state index contributed by atoms with van der Waals surface area (Å²) in [5, 5.41) is 14.9. The number of aromatic nitrogens is 2. The first-order chi connectivity index (χ1) is 22.7. The molecule has 0 aliphatic carbocycles. The fourth-order valence-corrected chi connectivity index (χ4v) is 8.46. The number of rotatable bonds is 5. The van der Waals surface area contributed by atoms with E-state index in [1.54, 1.807) is 0 Å². The van der Waals surface area contributed by atoms with Crippen LogP contribution < -0.4 is 15.0 Å². The summed E-state index contributed by atoms with van der Waals surface area (Å²) >= 11 is 0. The van der Waals surface area contributed by atoms with Gasteiger partial charge in [-0.1, -0.05) is 18.9 Å². The number of hydrogen-bond donors (Lipinski definition) is 2. The molecule has 0 spiro atoms. The summed E-state index contributed by atoms with van der Waals surface area (Å²) in [4.78, 5) is 13.6. The molecule has 0 amide bonds. The van der Waals surface area contributed by atoms with Gasteiger partial charge in [-0.2, -0.15) is 9.97 Å². The Morgan fingerprint density at radius 1 is 1.15 bits per heavy atom. The molecule has 3 saturated heterocycles. The predicted octanol–water partition coefficient (Wildman–Crippen LogP) is 6.01. The van der Waals surface area contributed by atoms with E-state index in [-0.39, 0.29) is 69.9 Å². The van der Waals surface area contributed by atoms with E-state index in [1.807, 2.05) is 0 Å². The maximum Gasteiger partial charge on any atom is 0.319 e. The van der Waals surface area contributed by atoms with Crippen molar-refractivity contribution in [3.8, 4) is 35.2 Å². The number of aromatic hydroxyl groups is 1. The molecular weight excluding hydrogens is 610 g/mol. The number of terminal acetylenes is 1. The number of fused-ring (bicyclic) bond motifs is 4. The molecule has 5 heterocycles. The van der Waals surface area contributed by atoms with Crippen LogP contribution in [0.15, 0.2) is 24.3 Å². The normalized spacial score (nSPS) is 25.5. The van der Waals surface area contributed by atoms with Crippen molar-refractivity contribution in [2.45, 2.75) is 69.2 Å². The summed E-state index contributed by atoms with van der Waals surface area (Å²) in [6.07, 6.45) is 8.49. The quantitative estimate of drug-likeness (QED) is 0.204. The fourth-order valence-electron chi connectivity index (χ4n) is 8.46. The molecule has 0 radical (unpaired) electrons. The number of piperazine rings is 1. The lowest BCUT2D eigenvalue weighted by Gasteiger charge is -2.40. The Kier molecular flexibility index (Phi) is 7.22. The van der Waals surface area contributed by atoms with E-state index in [9.17, 15) is 13.9 Å². The third-order valence-electron chi connectivity index (χ3n) is 10.8.